The fourth-order valence-corrected chi connectivity index (χ4v) is 2.56. The summed E-state index contributed by atoms with van der Waals surface area (Å²) < 4.78 is 11.4. The zero-order chi connectivity index (χ0) is 17.3. The molecule has 2 heterocycles. The maximum atomic E-state index is 12.8. The van der Waals surface area contributed by atoms with E-state index in [0.717, 1.165) is 11.1 Å². The van der Waals surface area contributed by atoms with E-state index in [4.69, 9.17) is 9.26 Å². The lowest BCUT2D eigenvalue weighted by Crippen LogP contribution is -2.25. The number of carbonyl (C=O) groups is 1. The third kappa shape index (κ3) is 2.80. The van der Waals surface area contributed by atoms with Gasteiger partial charge < -0.3 is 9.26 Å². The number of aromatic nitrogens is 3. The minimum Gasteiger partial charge on any atom is -0.461 e. The van der Waals surface area contributed by atoms with E-state index in [1.54, 1.807) is 13.8 Å². The first-order valence-corrected chi connectivity index (χ1v) is 7.60. The average Bonchev–Trinajstić information content (AvgIpc) is 2.95. The van der Waals surface area contributed by atoms with E-state index in [1.807, 2.05) is 31.2 Å². The van der Waals surface area contributed by atoms with Crippen LogP contribution in [-0.2, 0) is 11.3 Å². The van der Waals surface area contributed by atoms with Crippen molar-refractivity contribution in [3.8, 4) is 0 Å². The van der Waals surface area contributed by atoms with Gasteiger partial charge in [0.1, 0.15) is 11.2 Å². The van der Waals surface area contributed by atoms with Gasteiger partial charge in [0.2, 0.25) is 5.69 Å². The van der Waals surface area contributed by atoms with Crippen molar-refractivity contribution in [2.75, 3.05) is 6.61 Å². The van der Waals surface area contributed by atoms with Crippen molar-refractivity contribution < 1.29 is 14.1 Å². The lowest BCUT2D eigenvalue weighted by atomic mass is 10.1. The highest BCUT2D eigenvalue weighted by atomic mass is 16.5. The standard InChI is InChI=1S/C17H17N3O4/c1-4-23-17(22)14-13-15(24-19-14)18-11(3)20(16(13)21)9-12-7-5-6-10(2)8-12/h5-8H,4,9H2,1-3H3. The Morgan fingerprint density at radius 3 is 2.83 bits per heavy atom. The van der Waals surface area contributed by atoms with Gasteiger partial charge in [-0.1, -0.05) is 35.0 Å². The van der Waals surface area contributed by atoms with Gasteiger partial charge >= 0.3 is 5.97 Å². The molecule has 0 spiro atoms. The second-order valence-corrected chi connectivity index (χ2v) is 5.47. The molecular weight excluding hydrogens is 310 g/mol. The van der Waals surface area contributed by atoms with Gasteiger partial charge in [-0.05, 0) is 26.3 Å². The van der Waals surface area contributed by atoms with E-state index in [9.17, 15) is 9.59 Å². The molecule has 124 valence electrons. The number of ether oxygens (including phenoxy) is 1. The van der Waals surface area contributed by atoms with Gasteiger partial charge in [0, 0.05) is 0 Å². The zero-order valence-corrected chi connectivity index (χ0v) is 13.7. The molecule has 2 aromatic heterocycles. The summed E-state index contributed by atoms with van der Waals surface area (Å²) in [5.74, 6) is -0.207. The predicted molar refractivity (Wildman–Crippen MR) is 87.0 cm³/mol. The summed E-state index contributed by atoms with van der Waals surface area (Å²) in [6, 6.07) is 7.85. The maximum absolute atomic E-state index is 12.8. The largest absolute Gasteiger partial charge is 0.461 e. The Hall–Kier alpha value is -2.96. The lowest BCUT2D eigenvalue weighted by molar-refractivity contribution is 0.0516. The van der Waals surface area contributed by atoms with Crippen LogP contribution in [0.15, 0.2) is 33.6 Å². The highest BCUT2D eigenvalue weighted by Crippen LogP contribution is 2.15. The Kier molecular flexibility index (Phi) is 4.16. The van der Waals surface area contributed by atoms with Crippen LogP contribution in [0.4, 0.5) is 0 Å². The van der Waals surface area contributed by atoms with Crippen LogP contribution in [0, 0.1) is 13.8 Å². The van der Waals surface area contributed by atoms with Crippen LogP contribution in [0.5, 0.6) is 0 Å². The molecular formula is C17H17N3O4. The number of hydrogen-bond donors (Lipinski definition) is 0. The zero-order valence-electron chi connectivity index (χ0n) is 13.7. The molecule has 0 aliphatic rings. The van der Waals surface area contributed by atoms with Gasteiger partial charge in [-0.25, -0.2) is 4.79 Å². The molecule has 0 bridgehead atoms. The molecule has 3 aromatic rings. The van der Waals surface area contributed by atoms with E-state index in [2.05, 4.69) is 10.1 Å². The normalized spacial score (nSPS) is 11.0. The van der Waals surface area contributed by atoms with Crippen molar-refractivity contribution >= 4 is 17.1 Å². The third-order valence-corrected chi connectivity index (χ3v) is 3.68. The van der Waals surface area contributed by atoms with E-state index >= 15 is 0 Å². The number of rotatable bonds is 4. The topological polar surface area (TPSA) is 87.2 Å². The number of nitrogens with zero attached hydrogens (tertiary/aromatic N) is 3. The fraction of sp³-hybridized carbons (Fsp3) is 0.294. The summed E-state index contributed by atoms with van der Waals surface area (Å²) in [6.45, 7) is 5.91. The molecule has 0 aliphatic heterocycles. The molecule has 0 aliphatic carbocycles. The lowest BCUT2D eigenvalue weighted by Gasteiger charge is -2.09. The molecule has 3 rings (SSSR count). The van der Waals surface area contributed by atoms with Crippen molar-refractivity contribution in [3.63, 3.8) is 0 Å². The van der Waals surface area contributed by atoms with Gasteiger partial charge in [-0.3, -0.25) is 9.36 Å². The van der Waals surface area contributed by atoms with Crippen molar-refractivity contribution in [3.05, 3.63) is 57.3 Å². The Labute approximate surface area is 137 Å². The minimum absolute atomic E-state index is 0.0426. The van der Waals surface area contributed by atoms with Crippen LogP contribution in [0.2, 0.25) is 0 Å². The highest BCUT2D eigenvalue weighted by molar-refractivity contribution is 5.99. The smallest absolute Gasteiger partial charge is 0.361 e. The molecule has 0 unspecified atom stereocenters. The number of esters is 1. The number of benzene rings is 1. The summed E-state index contributed by atoms with van der Waals surface area (Å²) >= 11 is 0. The third-order valence-electron chi connectivity index (χ3n) is 3.68. The average molecular weight is 327 g/mol. The van der Waals surface area contributed by atoms with Gasteiger partial charge in [-0.15, -0.1) is 0 Å². The van der Waals surface area contributed by atoms with Crippen LogP contribution in [0.3, 0.4) is 0 Å². The fourth-order valence-electron chi connectivity index (χ4n) is 2.56. The number of fused-ring (bicyclic) bond motifs is 1. The van der Waals surface area contributed by atoms with Gasteiger partial charge in [-0.2, -0.15) is 4.98 Å². The molecule has 0 saturated heterocycles. The number of hydrogen-bond acceptors (Lipinski definition) is 6. The van der Waals surface area contributed by atoms with Crippen molar-refractivity contribution in [1.82, 2.24) is 14.7 Å². The van der Waals surface area contributed by atoms with Crippen LogP contribution in [0.25, 0.3) is 11.1 Å². The van der Waals surface area contributed by atoms with Crippen LogP contribution >= 0.6 is 0 Å². The SMILES string of the molecule is CCOC(=O)c1noc2nc(C)n(Cc3cccc(C)c3)c(=O)c12. The summed E-state index contributed by atoms with van der Waals surface area (Å²) in [5, 5.41) is 3.70. The van der Waals surface area contributed by atoms with Gasteiger partial charge in [0.25, 0.3) is 11.3 Å². The highest BCUT2D eigenvalue weighted by Gasteiger charge is 2.23. The summed E-state index contributed by atoms with van der Waals surface area (Å²) in [5.41, 5.74) is 1.60. The van der Waals surface area contributed by atoms with Crippen LogP contribution < -0.4 is 5.56 Å². The molecule has 0 amide bonds. The summed E-state index contributed by atoms with van der Waals surface area (Å²) in [4.78, 5) is 29.0. The molecule has 0 fully saturated rings. The molecule has 0 saturated carbocycles. The predicted octanol–water partition coefficient (Wildman–Crippen LogP) is 2.23. The number of aryl methyl sites for hydroxylation is 2. The molecule has 0 N–H and O–H groups in total. The second-order valence-electron chi connectivity index (χ2n) is 5.47. The first-order valence-electron chi connectivity index (χ1n) is 7.60. The Bertz CT molecular complexity index is 972. The molecule has 24 heavy (non-hydrogen) atoms. The molecule has 7 heteroatoms. The van der Waals surface area contributed by atoms with Crippen LogP contribution in [-0.4, -0.2) is 27.3 Å². The Morgan fingerprint density at radius 1 is 1.33 bits per heavy atom. The first kappa shape index (κ1) is 15.9. The quantitative estimate of drug-likeness (QED) is 0.683. The van der Waals surface area contributed by atoms with E-state index in [-0.39, 0.29) is 29.0 Å². The first-order chi connectivity index (χ1) is 11.5. The summed E-state index contributed by atoms with van der Waals surface area (Å²) in [6.07, 6.45) is 0. The molecule has 1 aromatic carbocycles. The summed E-state index contributed by atoms with van der Waals surface area (Å²) in [7, 11) is 0. The molecule has 0 radical (unpaired) electrons. The monoisotopic (exact) mass is 327 g/mol. The van der Waals surface area contributed by atoms with E-state index in [0.29, 0.717) is 12.4 Å². The van der Waals surface area contributed by atoms with Crippen molar-refractivity contribution in [2.45, 2.75) is 27.3 Å². The van der Waals surface area contributed by atoms with E-state index < -0.39 is 5.97 Å². The second kappa shape index (κ2) is 6.27. The Balaban J connectivity index is 2.13. The van der Waals surface area contributed by atoms with Crippen LogP contribution in [0.1, 0.15) is 34.4 Å². The van der Waals surface area contributed by atoms with Gasteiger partial charge in [0.15, 0.2) is 0 Å². The van der Waals surface area contributed by atoms with Crippen molar-refractivity contribution in [1.29, 1.82) is 0 Å². The van der Waals surface area contributed by atoms with Crippen molar-refractivity contribution in [2.24, 2.45) is 0 Å². The number of carbonyl (C=O) groups excluding carboxylic acids is 1. The Morgan fingerprint density at radius 2 is 2.12 bits per heavy atom. The van der Waals surface area contributed by atoms with E-state index in [1.165, 1.54) is 4.57 Å². The molecule has 0 atom stereocenters. The maximum Gasteiger partial charge on any atom is 0.361 e. The van der Waals surface area contributed by atoms with Gasteiger partial charge in [0.05, 0.1) is 13.2 Å². The minimum atomic E-state index is -0.693. The molecule has 7 nitrogen and oxygen atoms in total.